The van der Waals surface area contributed by atoms with E-state index < -0.39 is 12.1 Å². The van der Waals surface area contributed by atoms with E-state index in [1.54, 1.807) is 4.90 Å². The molecule has 4 fully saturated rings. The normalized spacial score (nSPS) is 20.7. The molecule has 4 aliphatic rings. The molecule has 4 saturated heterocycles. The molecule has 0 unspecified atom stereocenters. The van der Waals surface area contributed by atoms with E-state index in [1.165, 1.54) is 0 Å². The van der Waals surface area contributed by atoms with Gasteiger partial charge in [-0.15, -0.1) is 12.3 Å². The summed E-state index contributed by atoms with van der Waals surface area (Å²) in [7, 11) is 0. The minimum absolute atomic E-state index is 0.0185. The van der Waals surface area contributed by atoms with Crippen molar-refractivity contribution in [3.8, 4) is 12.3 Å². The molecule has 0 aliphatic carbocycles. The van der Waals surface area contributed by atoms with Gasteiger partial charge >= 0.3 is 12.1 Å². The Labute approximate surface area is 423 Å². The summed E-state index contributed by atoms with van der Waals surface area (Å²) in [5.74, 6) is 2.07. The van der Waals surface area contributed by atoms with Gasteiger partial charge in [-0.25, -0.2) is 4.79 Å². The Hall–Kier alpha value is -4.71. The van der Waals surface area contributed by atoms with Gasteiger partial charge in [0.2, 0.25) is 29.5 Å². The first kappa shape index (κ1) is 60.6. The molecule has 71 heavy (non-hydrogen) atoms. The van der Waals surface area contributed by atoms with Crippen LogP contribution in [-0.4, -0.2) is 189 Å². The summed E-state index contributed by atoms with van der Waals surface area (Å²) in [5.41, 5.74) is 0. The minimum atomic E-state index is -5.08. The summed E-state index contributed by atoms with van der Waals surface area (Å²) in [5, 5.41) is 51.0. The number of hydrogen-bond acceptors (Lipinski definition) is 13. The largest absolute Gasteiger partial charge is 0.490 e. The number of unbranched alkanes of at least 4 members (excludes halogenated alkanes) is 4. The highest BCUT2D eigenvalue weighted by atomic mass is 32.2. The summed E-state index contributed by atoms with van der Waals surface area (Å²) in [6.07, 6.45) is 10.3. The minimum Gasteiger partial charge on any atom is -0.475 e. The molecule has 6 atom stereocenters. The topological polar surface area (TPSA) is 300 Å². The summed E-state index contributed by atoms with van der Waals surface area (Å²) in [6.45, 7) is 4.03. The Morgan fingerprint density at radius 2 is 1.03 bits per heavy atom. The number of fused-ring (bicyclic) bond motifs is 2. The number of ether oxygens (including phenoxy) is 2. The number of hydrogen-bond donors (Lipinski definition) is 12. The van der Waals surface area contributed by atoms with Crippen molar-refractivity contribution < 1.29 is 56.5 Å². The van der Waals surface area contributed by atoms with Crippen LogP contribution in [0.4, 0.5) is 13.2 Å². The van der Waals surface area contributed by atoms with Gasteiger partial charge in [-0.3, -0.25) is 39.7 Å². The molecule has 0 spiro atoms. The monoisotopic (exact) mass is 1050 g/mol. The van der Waals surface area contributed by atoms with Gasteiger partial charge in [-0.2, -0.15) is 36.7 Å². The molecule has 402 valence electrons. The van der Waals surface area contributed by atoms with Gasteiger partial charge in [0, 0.05) is 87.0 Å². The highest BCUT2D eigenvalue weighted by Crippen LogP contribution is 2.34. The first-order valence-corrected chi connectivity index (χ1v) is 26.6. The summed E-state index contributed by atoms with van der Waals surface area (Å²) >= 11 is 3.87. The van der Waals surface area contributed by atoms with Crippen molar-refractivity contribution in [2.75, 3.05) is 90.3 Å². The zero-order valence-corrected chi connectivity index (χ0v) is 42.1. The predicted molar refractivity (Wildman–Crippen MR) is 266 cm³/mol. The molecule has 21 nitrogen and oxygen atoms in total. The lowest BCUT2D eigenvalue weighted by molar-refractivity contribution is -0.192. The molecule has 26 heteroatoms. The number of rotatable bonds is 35. The molecule has 4 aliphatic heterocycles. The fourth-order valence-electron chi connectivity index (χ4n) is 7.99. The molecule has 5 amide bonds. The van der Waals surface area contributed by atoms with Gasteiger partial charge in [0.25, 0.3) is 0 Å². The number of thioether (sulfide) groups is 2. The zero-order valence-electron chi connectivity index (χ0n) is 40.5. The molecule has 0 radical (unpaired) electrons. The fraction of sp³-hybridized carbons (Fsp3) is 0.778. The second-order valence-corrected chi connectivity index (χ2v) is 20.0. The Bertz CT molecular complexity index is 1670. The lowest BCUT2D eigenvalue weighted by Gasteiger charge is -2.21. The van der Waals surface area contributed by atoms with Gasteiger partial charge in [-0.1, -0.05) is 12.8 Å². The van der Waals surface area contributed by atoms with Gasteiger partial charge < -0.3 is 62.4 Å². The number of terminal acetylenes is 1. The van der Waals surface area contributed by atoms with Crippen molar-refractivity contribution in [2.24, 2.45) is 0 Å². The third kappa shape index (κ3) is 26.5. The highest BCUT2D eigenvalue weighted by Gasteiger charge is 2.42. The number of alkyl halides is 3. The van der Waals surface area contributed by atoms with Crippen LogP contribution in [0.3, 0.4) is 0 Å². The Morgan fingerprint density at radius 3 is 1.46 bits per heavy atom. The van der Waals surface area contributed by atoms with E-state index in [0.29, 0.717) is 138 Å². The third-order valence-electron chi connectivity index (χ3n) is 11.7. The number of amides is 5. The van der Waals surface area contributed by atoms with Crippen molar-refractivity contribution in [1.29, 1.82) is 10.8 Å². The standard InChI is InChI=1S/C43H74N12O7S2.C2HF3O2/c1-2-3-14-35(56)50-21-23-61-25-26-62-24-22-55(27-38(59)48-19-10-8-17-46-36(57)15-6-4-12-33-40-31(29-63-33)51-42(44)53-40)28-39(60)49-20-11-9-18-47-37(58)16-7-5-13-34-41-32(30-64-34)52-43(45)54-41;3-2(4,5)1(6)7/h1,31-34,40-41H,3-30H2,(H,46,57)(H,47,58)(H,48,59)(H,49,60)(H,50,56)(H3,44,51,53)(H3,45,52,54);(H,6,7)/t31-,32-,33-,34-,40-,41-;/m0./s1. The first-order chi connectivity index (χ1) is 34.0. The number of carboxylic acids is 1. The number of nitrogens with zero attached hydrogens (tertiary/aromatic N) is 1. The SMILES string of the molecule is C#CCCC(=O)NCCOCCOCCN(CC(=O)NCCCCNC(=O)CCCC[C@@H]1SC[C@@H]2NC(=N)N[C@@H]21)CC(=O)NCCCCNC(=O)CCCC[C@@H]1SC[C@@H]2NC(=N)N[C@@H]21.O=C(O)C(F)(F)F. The van der Waals surface area contributed by atoms with Crippen molar-refractivity contribution >= 4 is 70.9 Å². The Balaban J connectivity index is 0.00000176. The number of nitrogens with one attached hydrogen (secondary N) is 11. The van der Waals surface area contributed by atoms with E-state index >= 15 is 0 Å². The highest BCUT2D eigenvalue weighted by molar-refractivity contribution is 8.00. The van der Waals surface area contributed by atoms with Crippen LogP contribution in [0.25, 0.3) is 0 Å². The maximum absolute atomic E-state index is 12.9. The molecule has 12 N–H and O–H groups in total. The van der Waals surface area contributed by atoms with E-state index in [0.717, 1.165) is 62.9 Å². The number of guanidine groups is 2. The van der Waals surface area contributed by atoms with Crippen LogP contribution < -0.4 is 47.9 Å². The fourth-order valence-corrected chi connectivity index (χ4v) is 11.1. The van der Waals surface area contributed by atoms with Gasteiger partial charge in [0.05, 0.1) is 63.7 Å². The van der Waals surface area contributed by atoms with Crippen LogP contribution in [0.2, 0.25) is 0 Å². The number of aliphatic carboxylic acids is 1. The predicted octanol–water partition coefficient (Wildman–Crippen LogP) is 0.591. The quantitative estimate of drug-likeness (QED) is 0.0306. The molecular formula is C45H75F3N12O9S2. The number of carbonyl (C=O) groups excluding carboxylic acids is 5. The summed E-state index contributed by atoms with van der Waals surface area (Å²) < 4.78 is 43.0. The van der Waals surface area contributed by atoms with Gasteiger partial charge in [-0.05, 0) is 51.4 Å². The van der Waals surface area contributed by atoms with Crippen molar-refractivity contribution in [3.05, 3.63) is 0 Å². The van der Waals surface area contributed by atoms with Crippen LogP contribution in [-0.2, 0) is 38.2 Å². The molecule has 0 bridgehead atoms. The third-order valence-corrected chi connectivity index (χ3v) is 14.7. The molecule has 0 aromatic rings. The van der Waals surface area contributed by atoms with Crippen LogP contribution in [0.5, 0.6) is 0 Å². The molecule has 4 heterocycles. The van der Waals surface area contributed by atoms with Crippen LogP contribution >= 0.6 is 23.5 Å². The Morgan fingerprint density at radius 1 is 0.620 bits per heavy atom. The van der Waals surface area contributed by atoms with Crippen LogP contribution in [0.15, 0.2) is 0 Å². The van der Waals surface area contributed by atoms with Crippen molar-refractivity contribution in [2.45, 2.75) is 131 Å². The molecule has 0 aromatic heterocycles. The first-order valence-electron chi connectivity index (χ1n) is 24.5. The van der Waals surface area contributed by atoms with Crippen molar-refractivity contribution in [3.63, 3.8) is 0 Å². The van der Waals surface area contributed by atoms with E-state index in [4.69, 9.17) is 36.6 Å². The van der Waals surface area contributed by atoms with E-state index in [1.807, 2.05) is 23.5 Å². The molecule has 4 rings (SSSR count). The number of halogens is 3. The van der Waals surface area contributed by atoms with Crippen molar-refractivity contribution in [1.82, 2.24) is 52.8 Å². The Kier molecular flexibility index (Phi) is 29.5. The lowest BCUT2D eigenvalue weighted by atomic mass is 10.0. The van der Waals surface area contributed by atoms with E-state index in [-0.39, 0.29) is 55.7 Å². The summed E-state index contributed by atoms with van der Waals surface area (Å²) in [4.78, 5) is 72.8. The molecule has 0 aromatic carbocycles. The van der Waals surface area contributed by atoms with E-state index in [9.17, 15) is 37.1 Å². The molecular weight excluding hydrogens is 974 g/mol. The van der Waals surface area contributed by atoms with E-state index in [2.05, 4.69) is 53.8 Å². The zero-order chi connectivity index (χ0) is 51.9. The van der Waals surface area contributed by atoms with Crippen LogP contribution in [0, 0.1) is 23.2 Å². The van der Waals surface area contributed by atoms with Gasteiger partial charge in [0.1, 0.15) is 0 Å². The summed E-state index contributed by atoms with van der Waals surface area (Å²) in [6, 6.07) is 1.28. The second kappa shape index (κ2) is 34.6. The lowest BCUT2D eigenvalue weighted by Crippen LogP contribution is -2.44. The maximum Gasteiger partial charge on any atom is 0.490 e. The smallest absolute Gasteiger partial charge is 0.475 e. The molecule has 0 saturated carbocycles. The van der Waals surface area contributed by atoms with Crippen LogP contribution in [0.1, 0.15) is 89.9 Å². The second-order valence-electron chi connectivity index (χ2n) is 17.4. The number of carboxylic acid groups (broad SMARTS) is 1. The van der Waals surface area contributed by atoms with Gasteiger partial charge in [0.15, 0.2) is 11.9 Å². The average molecular weight is 1050 g/mol. The average Bonchev–Trinajstić information content (AvgIpc) is 4.09. The number of carbonyl (C=O) groups is 6. The maximum atomic E-state index is 12.9.